The van der Waals surface area contributed by atoms with Gasteiger partial charge in [-0.3, -0.25) is 0 Å². The first-order valence-electron chi connectivity index (χ1n) is 5.97. The summed E-state index contributed by atoms with van der Waals surface area (Å²) in [6.07, 6.45) is 0.734. The number of carboxylic acid groups (broad SMARTS) is 1. The van der Waals surface area contributed by atoms with E-state index in [0.29, 0.717) is 11.5 Å². The van der Waals surface area contributed by atoms with Crippen LogP contribution >= 0.6 is 11.3 Å². The fraction of sp³-hybridized carbons (Fsp3) is 0.286. The lowest BCUT2D eigenvalue weighted by molar-refractivity contribution is 0.0692. The number of rotatable bonds is 5. The zero-order valence-corrected chi connectivity index (χ0v) is 11.7. The topological polar surface area (TPSA) is 59.4 Å². The highest BCUT2D eigenvalue weighted by Gasteiger charge is 2.19. The van der Waals surface area contributed by atoms with E-state index >= 15 is 0 Å². The van der Waals surface area contributed by atoms with Gasteiger partial charge in [0.15, 0.2) is 5.69 Å². The molecule has 0 saturated carbocycles. The average Bonchev–Trinajstić information content (AvgIpc) is 2.84. The van der Waals surface area contributed by atoms with Crippen LogP contribution in [-0.2, 0) is 17.8 Å². The molecule has 0 fully saturated rings. The van der Waals surface area contributed by atoms with Crippen molar-refractivity contribution in [1.82, 2.24) is 4.98 Å². The van der Waals surface area contributed by atoms with Gasteiger partial charge in [0.1, 0.15) is 0 Å². The van der Waals surface area contributed by atoms with Crippen molar-refractivity contribution in [2.75, 3.05) is 7.11 Å². The lowest BCUT2D eigenvalue weighted by Gasteiger charge is -2.07. The van der Waals surface area contributed by atoms with Gasteiger partial charge in [-0.2, -0.15) is 0 Å². The first-order valence-corrected chi connectivity index (χ1v) is 6.79. The van der Waals surface area contributed by atoms with Gasteiger partial charge in [0.2, 0.25) is 0 Å². The minimum Gasteiger partial charge on any atom is -0.476 e. The molecule has 0 aliphatic carbocycles. The minimum absolute atomic E-state index is 0.130. The van der Waals surface area contributed by atoms with Crippen molar-refractivity contribution in [3.63, 3.8) is 0 Å². The Balaban J connectivity index is 2.57. The maximum Gasteiger partial charge on any atom is 0.356 e. The van der Waals surface area contributed by atoms with Crippen molar-refractivity contribution in [1.29, 1.82) is 0 Å². The van der Waals surface area contributed by atoms with Crippen molar-refractivity contribution < 1.29 is 14.6 Å². The number of benzene rings is 1. The molecule has 100 valence electrons. The molecule has 2 rings (SSSR count). The van der Waals surface area contributed by atoms with Crippen LogP contribution in [0.25, 0.3) is 10.4 Å². The number of aromatic carboxylic acids is 1. The molecule has 0 aliphatic rings. The van der Waals surface area contributed by atoms with Crippen LogP contribution < -0.4 is 0 Å². The van der Waals surface area contributed by atoms with E-state index in [1.807, 2.05) is 31.2 Å². The average molecular weight is 277 g/mol. The minimum atomic E-state index is -0.988. The van der Waals surface area contributed by atoms with Crippen molar-refractivity contribution in [2.45, 2.75) is 20.0 Å². The molecule has 0 radical (unpaired) electrons. The number of nitrogens with zero attached hydrogens (tertiary/aromatic N) is 1. The van der Waals surface area contributed by atoms with Gasteiger partial charge in [-0.1, -0.05) is 31.2 Å². The van der Waals surface area contributed by atoms with Crippen LogP contribution in [0.15, 0.2) is 24.3 Å². The van der Waals surface area contributed by atoms with Crippen LogP contribution in [-0.4, -0.2) is 23.2 Å². The van der Waals surface area contributed by atoms with Crippen LogP contribution in [0.3, 0.4) is 0 Å². The quantitative estimate of drug-likeness (QED) is 0.911. The fourth-order valence-electron chi connectivity index (χ4n) is 1.87. The maximum absolute atomic E-state index is 11.3. The van der Waals surface area contributed by atoms with Crippen molar-refractivity contribution in [3.8, 4) is 10.4 Å². The largest absolute Gasteiger partial charge is 0.476 e. The number of carboxylic acids is 1. The SMILES string of the molecule is CCc1nc(C(=O)O)c(-c2ccccc2COC)s1. The van der Waals surface area contributed by atoms with Crippen LogP contribution in [0.1, 0.15) is 28.0 Å². The molecule has 0 unspecified atom stereocenters. The lowest BCUT2D eigenvalue weighted by atomic mass is 10.1. The first-order chi connectivity index (χ1) is 9.17. The normalized spacial score (nSPS) is 10.6. The van der Waals surface area contributed by atoms with E-state index < -0.39 is 5.97 Å². The molecular weight excluding hydrogens is 262 g/mol. The first kappa shape index (κ1) is 13.7. The second-order valence-corrected chi connectivity index (χ2v) is 5.12. The Hall–Kier alpha value is -1.72. The summed E-state index contributed by atoms with van der Waals surface area (Å²) in [6, 6.07) is 7.66. The van der Waals surface area contributed by atoms with E-state index in [0.717, 1.165) is 22.6 Å². The van der Waals surface area contributed by atoms with Gasteiger partial charge in [-0.15, -0.1) is 11.3 Å². The molecule has 2 aromatic rings. The van der Waals surface area contributed by atoms with Gasteiger partial charge >= 0.3 is 5.97 Å². The van der Waals surface area contributed by atoms with E-state index in [2.05, 4.69) is 4.98 Å². The number of methoxy groups -OCH3 is 1. The summed E-state index contributed by atoms with van der Waals surface area (Å²) in [5.41, 5.74) is 1.99. The molecule has 1 N–H and O–H groups in total. The number of hydrogen-bond acceptors (Lipinski definition) is 4. The van der Waals surface area contributed by atoms with Gasteiger partial charge in [0.05, 0.1) is 16.5 Å². The molecule has 0 aliphatic heterocycles. The summed E-state index contributed by atoms with van der Waals surface area (Å²) in [5, 5.41) is 10.1. The summed E-state index contributed by atoms with van der Waals surface area (Å²) < 4.78 is 5.16. The van der Waals surface area contributed by atoms with Crippen LogP contribution in [0, 0.1) is 0 Å². The van der Waals surface area contributed by atoms with E-state index in [4.69, 9.17) is 4.74 Å². The Bertz CT molecular complexity index is 592. The third-order valence-electron chi connectivity index (χ3n) is 2.74. The van der Waals surface area contributed by atoms with E-state index in [1.165, 1.54) is 11.3 Å². The number of ether oxygens (including phenoxy) is 1. The molecule has 0 amide bonds. The second kappa shape index (κ2) is 5.95. The highest BCUT2D eigenvalue weighted by molar-refractivity contribution is 7.15. The molecule has 0 spiro atoms. The van der Waals surface area contributed by atoms with E-state index in [9.17, 15) is 9.90 Å². The number of thiazole rings is 1. The second-order valence-electron chi connectivity index (χ2n) is 4.03. The molecule has 1 aromatic heterocycles. The number of hydrogen-bond donors (Lipinski definition) is 1. The standard InChI is InChI=1S/C14H15NO3S/c1-3-11-15-12(14(16)17)13(19-11)10-7-5-4-6-9(10)8-18-2/h4-7H,3,8H2,1-2H3,(H,16,17). The molecule has 1 heterocycles. The molecule has 4 nitrogen and oxygen atoms in total. The molecule has 5 heteroatoms. The molecule has 19 heavy (non-hydrogen) atoms. The van der Waals surface area contributed by atoms with E-state index in [-0.39, 0.29) is 5.69 Å². The third-order valence-corrected chi connectivity index (χ3v) is 3.97. The summed E-state index contributed by atoms with van der Waals surface area (Å²) in [5.74, 6) is -0.988. The highest BCUT2D eigenvalue weighted by Crippen LogP contribution is 2.33. The Morgan fingerprint density at radius 1 is 1.42 bits per heavy atom. The molecular formula is C14H15NO3S. The lowest BCUT2D eigenvalue weighted by Crippen LogP contribution is -2.00. The monoisotopic (exact) mass is 277 g/mol. The fourth-order valence-corrected chi connectivity index (χ4v) is 2.92. The maximum atomic E-state index is 11.3. The number of aromatic nitrogens is 1. The summed E-state index contributed by atoms with van der Waals surface area (Å²) >= 11 is 1.43. The van der Waals surface area contributed by atoms with Gasteiger partial charge in [-0.05, 0) is 17.5 Å². The van der Waals surface area contributed by atoms with Gasteiger partial charge in [0, 0.05) is 7.11 Å². The van der Waals surface area contributed by atoms with Crippen LogP contribution in [0.5, 0.6) is 0 Å². The molecule has 0 bridgehead atoms. The Morgan fingerprint density at radius 2 is 2.16 bits per heavy atom. The number of aryl methyl sites for hydroxylation is 1. The molecule has 1 aromatic carbocycles. The summed E-state index contributed by atoms with van der Waals surface area (Å²) in [7, 11) is 1.62. The third kappa shape index (κ3) is 2.83. The van der Waals surface area contributed by atoms with Gasteiger partial charge in [-0.25, -0.2) is 9.78 Å². The zero-order chi connectivity index (χ0) is 13.8. The van der Waals surface area contributed by atoms with Gasteiger partial charge < -0.3 is 9.84 Å². The predicted molar refractivity (Wildman–Crippen MR) is 74.6 cm³/mol. The zero-order valence-electron chi connectivity index (χ0n) is 10.8. The van der Waals surface area contributed by atoms with E-state index in [1.54, 1.807) is 7.11 Å². The molecule has 0 atom stereocenters. The van der Waals surface area contributed by atoms with Crippen LogP contribution in [0.2, 0.25) is 0 Å². The Morgan fingerprint density at radius 3 is 2.79 bits per heavy atom. The summed E-state index contributed by atoms with van der Waals surface area (Å²) in [6.45, 7) is 2.42. The van der Waals surface area contributed by atoms with Crippen LogP contribution in [0.4, 0.5) is 0 Å². The van der Waals surface area contributed by atoms with Gasteiger partial charge in [0.25, 0.3) is 0 Å². The Labute approximate surface area is 115 Å². The van der Waals surface area contributed by atoms with Crippen molar-refractivity contribution in [2.24, 2.45) is 0 Å². The smallest absolute Gasteiger partial charge is 0.356 e. The summed E-state index contributed by atoms with van der Waals surface area (Å²) in [4.78, 5) is 16.2. The number of carbonyl (C=O) groups is 1. The Kier molecular flexibility index (Phi) is 4.29. The molecule has 0 saturated heterocycles. The van der Waals surface area contributed by atoms with Crippen molar-refractivity contribution in [3.05, 3.63) is 40.5 Å². The van der Waals surface area contributed by atoms with Crippen molar-refractivity contribution >= 4 is 17.3 Å². The highest BCUT2D eigenvalue weighted by atomic mass is 32.1. The predicted octanol–water partition coefficient (Wildman–Crippen LogP) is 3.22.